The third kappa shape index (κ3) is 5.98. The van der Waals surface area contributed by atoms with Gasteiger partial charge in [0.25, 0.3) is 0 Å². The quantitative estimate of drug-likeness (QED) is 0.208. The van der Waals surface area contributed by atoms with Crippen molar-refractivity contribution in [1.29, 1.82) is 0 Å². The standard InChI is InChI=1S/C34H31F3N4O5S2/c1-4-39(5-2)20-12-10-19(11-13-20)26-27-28(31(44)41(30(27)43)21-14-16-22(46-3)17-15-21)47-32-29(26)48-33(45)40(32)18-25(42)38-24-9-7-6-8-23(24)34(35,36)37/h6-17,26-28H,4-5,18H2,1-3H3,(H,38,42)/t26-,27?,28?/m1/s1. The summed E-state index contributed by atoms with van der Waals surface area (Å²) >= 11 is 1.90. The van der Waals surface area contributed by atoms with Crippen molar-refractivity contribution in [1.82, 2.24) is 4.57 Å². The summed E-state index contributed by atoms with van der Waals surface area (Å²) in [5.74, 6) is -2.71. The van der Waals surface area contributed by atoms with Gasteiger partial charge in [-0.1, -0.05) is 47.4 Å². The Morgan fingerprint density at radius 3 is 2.23 bits per heavy atom. The number of nitrogens with one attached hydrogen (secondary N) is 1. The van der Waals surface area contributed by atoms with E-state index < -0.39 is 63.7 Å². The summed E-state index contributed by atoms with van der Waals surface area (Å²) in [6.45, 7) is 5.07. The van der Waals surface area contributed by atoms with Gasteiger partial charge in [0.2, 0.25) is 17.7 Å². The van der Waals surface area contributed by atoms with Crippen LogP contribution in [0.2, 0.25) is 0 Å². The lowest BCUT2D eigenvalue weighted by molar-refractivity contribution is -0.137. The van der Waals surface area contributed by atoms with E-state index in [0.29, 0.717) is 21.3 Å². The van der Waals surface area contributed by atoms with Crippen LogP contribution in [0.4, 0.5) is 30.2 Å². The number of nitrogens with zero attached hydrogens (tertiary/aromatic N) is 3. The first-order chi connectivity index (χ1) is 23.0. The van der Waals surface area contributed by atoms with Gasteiger partial charge in [-0.15, -0.1) is 0 Å². The molecule has 6 rings (SSSR count). The first-order valence-electron chi connectivity index (χ1n) is 15.2. The number of thiazole rings is 1. The summed E-state index contributed by atoms with van der Waals surface area (Å²) in [4.78, 5) is 58.1. The minimum atomic E-state index is -4.70. The summed E-state index contributed by atoms with van der Waals surface area (Å²) in [5, 5.41) is 1.70. The van der Waals surface area contributed by atoms with Crippen molar-refractivity contribution in [3.8, 4) is 5.75 Å². The third-order valence-electron chi connectivity index (χ3n) is 8.57. The highest BCUT2D eigenvalue weighted by Gasteiger charge is 2.57. The smallest absolute Gasteiger partial charge is 0.418 e. The van der Waals surface area contributed by atoms with E-state index in [1.165, 1.54) is 23.8 Å². The predicted molar refractivity (Wildman–Crippen MR) is 179 cm³/mol. The highest BCUT2D eigenvalue weighted by atomic mass is 32.2. The normalized spacial score (nSPS) is 18.8. The first-order valence-corrected chi connectivity index (χ1v) is 16.9. The Morgan fingerprint density at radius 2 is 1.60 bits per heavy atom. The molecule has 2 unspecified atom stereocenters. The molecule has 1 fully saturated rings. The monoisotopic (exact) mass is 696 g/mol. The third-order valence-corrected chi connectivity index (χ3v) is 11.2. The van der Waals surface area contributed by atoms with Gasteiger partial charge in [0, 0.05) is 29.6 Å². The Balaban J connectivity index is 1.40. The lowest BCUT2D eigenvalue weighted by Gasteiger charge is -2.31. The number of fused-ring (bicyclic) bond motifs is 2. The van der Waals surface area contributed by atoms with E-state index in [9.17, 15) is 32.3 Å². The number of anilines is 3. The fourth-order valence-electron chi connectivity index (χ4n) is 6.25. The van der Waals surface area contributed by atoms with Crippen LogP contribution in [-0.2, 0) is 27.1 Å². The first kappa shape index (κ1) is 33.3. The maximum absolute atomic E-state index is 14.2. The molecule has 2 aliphatic rings. The van der Waals surface area contributed by atoms with Crippen molar-refractivity contribution in [2.75, 3.05) is 35.3 Å². The number of carbonyl (C=O) groups is 3. The summed E-state index contributed by atoms with van der Waals surface area (Å²) in [7, 11) is 1.51. The molecule has 1 aromatic heterocycles. The number of methoxy groups -OCH3 is 1. The number of thioether (sulfide) groups is 1. The molecule has 0 aliphatic carbocycles. The molecule has 250 valence electrons. The van der Waals surface area contributed by atoms with E-state index in [1.807, 2.05) is 38.1 Å². The minimum Gasteiger partial charge on any atom is -0.497 e. The molecule has 3 aromatic carbocycles. The average Bonchev–Trinajstić information content (AvgIpc) is 3.51. The lowest BCUT2D eigenvalue weighted by atomic mass is 9.83. The fraction of sp³-hybridized carbons (Fsp3) is 0.294. The molecule has 3 amide bonds. The fourth-order valence-corrected chi connectivity index (χ4v) is 9.03. The molecule has 14 heteroatoms. The van der Waals surface area contributed by atoms with E-state index in [2.05, 4.69) is 10.2 Å². The van der Waals surface area contributed by atoms with Crippen molar-refractivity contribution in [3.05, 3.63) is 98.5 Å². The Kier molecular flexibility index (Phi) is 9.14. The molecule has 4 aromatic rings. The van der Waals surface area contributed by atoms with Crippen molar-refractivity contribution in [2.24, 2.45) is 5.92 Å². The number of para-hydroxylation sites is 1. The SMILES string of the molecule is CCN(CC)c1ccc([C@H]2c3sc(=O)n(CC(=O)Nc4ccccc4C(F)(F)F)c3SC3C(=O)N(c4ccc(OC)cc4)C(=O)C32)cc1. The van der Waals surface area contributed by atoms with Crippen molar-refractivity contribution >= 4 is 57.9 Å². The molecule has 1 N–H and O–H groups in total. The maximum Gasteiger partial charge on any atom is 0.418 e. The van der Waals surface area contributed by atoms with E-state index in [1.54, 1.807) is 24.3 Å². The second-order valence-corrected chi connectivity index (χ2v) is 13.4. The van der Waals surface area contributed by atoms with Crippen LogP contribution >= 0.6 is 23.1 Å². The van der Waals surface area contributed by atoms with Crippen LogP contribution < -0.4 is 24.7 Å². The molecule has 0 bridgehead atoms. The van der Waals surface area contributed by atoms with Gasteiger partial charge in [-0.3, -0.25) is 23.7 Å². The molecule has 3 atom stereocenters. The Morgan fingerprint density at radius 1 is 0.938 bits per heavy atom. The van der Waals surface area contributed by atoms with Crippen molar-refractivity contribution < 1.29 is 32.3 Å². The van der Waals surface area contributed by atoms with Gasteiger partial charge < -0.3 is 15.0 Å². The van der Waals surface area contributed by atoms with Crippen LogP contribution in [0.15, 0.2) is 82.6 Å². The van der Waals surface area contributed by atoms with Gasteiger partial charge >= 0.3 is 11.0 Å². The van der Waals surface area contributed by atoms with Crippen LogP contribution in [0.1, 0.15) is 35.8 Å². The number of amides is 3. The number of hydrogen-bond acceptors (Lipinski definition) is 8. The molecule has 9 nitrogen and oxygen atoms in total. The predicted octanol–water partition coefficient (Wildman–Crippen LogP) is 6.22. The van der Waals surface area contributed by atoms with Crippen molar-refractivity contribution in [3.63, 3.8) is 0 Å². The summed E-state index contributed by atoms with van der Waals surface area (Å²) in [5.41, 5.74) is 0.618. The van der Waals surface area contributed by atoms with Crippen molar-refractivity contribution in [2.45, 2.75) is 42.8 Å². The zero-order valence-corrected chi connectivity index (χ0v) is 27.7. The highest BCUT2D eigenvalue weighted by molar-refractivity contribution is 8.00. The number of benzene rings is 3. The second-order valence-electron chi connectivity index (χ2n) is 11.2. The topological polar surface area (TPSA) is 101 Å². The van der Waals surface area contributed by atoms with Crippen LogP contribution in [0.25, 0.3) is 0 Å². The number of imide groups is 1. The largest absolute Gasteiger partial charge is 0.497 e. The highest BCUT2D eigenvalue weighted by Crippen LogP contribution is 2.54. The average molecular weight is 697 g/mol. The second kappa shape index (κ2) is 13.2. The molecule has 1 saturated heterocycles. The summed E-state index contributed by atoms with van der Waals surface area (Å²) < 4.78 is 47.2. The van der Waals surface area contributed by atoms with Crippen LogP contribution in [0.5, 0.6) is 5.75 Å². The summed E-state index contributed by atoms with van der Waals surface area (Å²) in [6, 6.07) is 18.8. The molecule has 48 heavy (non-hydrogen) atoms. The Bertz CT molecular complexity index is 1920. The van der Waals surface area contributed by atoms with Gasteiger partial charge in [-0.05, 0) is 67.9 Å². The van der Waals surface area contributed by atoms with Crippen LogP contribution in [-0.4, -0.2) is 47.7 Å². The zero-order chi connectivity index (χ0) is 34.3. The molecular formula is C34H31F3N4O5S2. The lowest BCUT2D eigenvalue weighted by Crippen LogP contribution is -2.33. The maximum atomic E-state index is 14.2. The van der Waals surface area contributed by atoms with Gasteiger partial charge in [0.15, 0.2) is 0 Å². The van der Waals surface area contributed by atoms with Crippen LogP contribution in [0, 0.1) is 5.92 Å². The number of hydrogen-bond donors (Lipinski definition) is 1. The Labute approximate surface area is 282 Å². The number of rotatable bonds is 9. The van der Waals surface area contributed by atoms with Gasteiger partial charge in [0.05, 0.1) is 35.0 Å². The van der Waals surface area contributed by atoms with Crippen LogP contribution in [0.3, 0.4) is 0 Å². The van der Waals surface area contributed by atoms with E-state index in [4.69, 9.17) is 4.74 Å². The molecule has 0 radical (unpaired) electrons. The van der Waals surface area contributed by atoms with Gasteiger partial charge in [0.1, 0.15) is 17.5 Å². The van der Waals surface area contributed by atoms with Gasteiger partial charge in [-0.25, -0.2) is 4.90 Å². The number of alkyl halides is 3. The minimum absolute atomic E-state index is 0.334. The van der Waals surface area contributed by atoms with E-state index in [-0.39, 0.29) is 0 Å². The van der Waals surface area contributed by atoms with E-state index >= 15 is 0 Å². The number of ether oxygens (including phenoxy) is 1. The summed E-state index contributed by atoms with van der Waals surface area (Å²) in [6.07, 6.45) is -4.70. The molecular weight excluding hydrogens is 666 g/mol. The molecule has 0 saturated carbocycles. The van der Waals surface area contributed by atoms with Gasteiger partial charge in [-0.2, -0.15) is 13.2 Å². The number of aromatic nitrogens is 1. The number of halogens is 3. The molecule has 0 spiro atoms. The Hall–Kier alpha value is -4.56. The van der Waals surface area contributed by atoms with E-state index in [0.717, 1.165) is 64.5 Å². The molecule has 2 aliphatic heterocycles. The number of carbonyl (C=O) groups excluding carboxylic acids is 3. The zero-order valence-electron chi connectivity index (χ0n) is 26.1. The molecule has 3 heterocycles.